The standard InChI is InChI=1S/C19H15BrN4OS/c20-13-3-4-14-10-16(21-24(14)11-13)19(25)22-7-8-23-15(12-22)5-6-17(23)18-2-1-9-26-18/h1-6,9-11H,7-8,12H2. The Morgan fingerprint density at radius 3 is 2.92 bits per heavy atom. The van der Waals surface area contributed by atoms with Crippen LogP contribution in [-0.4, -0.2) is 31.5 Å². The van der Waals surface area contributed by atoms with E-state index in [4.69, 9.17) is 0 Å². The maximum Gasteiger partial charge on any atom is 0.274 e. The van der Waals surface area contributed by atoms with Crippen LogP contribution in [0.4, 0.5) is 0 Å². The fraction of sp³-hybridized carbons (Fsp3) is 0.158. The summed E-state index contributed by atoms with van der Waals surface area (Å²) < 4.78 is 4.99. The van der Waals surface area contributed by atoms with Crippen molar-refractivity contribution in [2.24, 2.45) is 0 Å². The molecule has 1 aliphatic rings. The van der Waals surface area contributed by atoms with Crippen LogP contribution in [-0.2, 0) is 13.1 Å². The molecule has 0 saturated carbocycles. The van der Waals surface area contributed by atoms with Crippen LogP contribution < -0.4 is 0 Å². The molecular weight excluding hydrogens is 412 g/mol. The molecule has 5 rings (SSSR count). The highest BCUT2D eigenvalue weighted by Crippen LogP contribution is 2.29. The number of pyridine rings is 1. The molecule has 1 amide bonds. The van der Waals surface area contributed by atoms with E-state index in [2.05, 4.69) is 55.2 Å². The van der Waals surface area contributed by atoms with Crippen molar-refractivity contribution in [3.63, 3.8) is 0 Å². The predicted molar refractivity (Wildman–Crippen MR) is 105 cm³/mol. The van der Waals surface area contributed by atoms with Crippen LogP contribution in [0.3, 0.4) is 0 Å². The maximum atomic E-state index is 12.9. The highest BCUT2D eigenvalue weighted by Gasteiger charge is 2.25. The second-order valence-electron chi connectivity index (χ2n) is 6.31. The number of nitrogens with zero attached hydrogens (tertiary/aromatic N) is 4. The lowest BCUT2D eigenvalue weighted by Gasteiger charge is -2.29. The van der Waals surface area contributed by atoms with Crippen LogP contribution in [0.2, 0.25) is 0 Å². The minimum absolute atomic E-state index is 0.0186. The van der Waals surface area contributed by atoms with Gasteiger partial charge >= 0.3 is 0 Å². The molecule has 0 N–H and O–H groups in total. The van der Waals surface area contributed by atoms with Crippen molar-refractivity contribution < 1.29 is 4.79 Å². The number of carbonyl (C=O) groups excluding carboxylic acids is 1. The molecule has 0 spiro atoms. The second kappa shape index (κ2) is 6.10. The SMILES string of the molecule is O=C(c1cc2ccc(Br)cn2n1)N1CCn2c(ccc2-c2cccs2)C1. The van der Waals surface area contributed by atoms with Crippen LogP contribution in [0.15, 0.2) is 58.5 Å². The Balaban J connectivity index is 1.42. The summed E-state index contributed by atoms with van der Waals surface area (Å²) in [4.78, 5) is 16.1. The molecular formula is C19H15BrN4OS. The van der Waals surface area contributed by atoms with Gasteiger partial charge in [0.15, 0.2) is 5.69 Å². The van der Waals surface area contributed by atoms with E-state index in [1.165, 1.54) is 16.3 Å². The first kappa shape index (κ1) is 15.8. The Bertz CT molecular complexity index is 1110. The summed E-state index contributed by atoms with van der Waals surface area (Å²) in [7, 11) is 0. The molecule has 4 aromatic heterocycles. The molecule has 0 fully saturated rings. The first-order valence-corrected chi connectivity index (χ1v) is 10.0. The van der Waals surface area contributed by atoms with E-state index in [1.54, 1.807) is 15.9 Å². The normalized spacial score (nSPS) is 14.0. The zero-order valence-electron chi connectivity index (χ0n) is 13.8. The molecule has 130 valence electrons. The van der Waals surface area contributed by atoms with Crippen LogP contribution in [0, 0.1) is 0 Å². The summed E-state index contributed by atoms with van der Waals surface area (Å²) in [5, 5.41) is 6.53. The third-order valence-electron chi connectivity index (χ3n) is 4.72. The van der Waals surface area contributed by atoms with Crippen LogP contribution in [0.1, 0.15) is 16.2 Å². The first-order chi connectivity index (χ1) is 12.7. The fourth-order valence-corrected chi connectivity index (χ4v) is 4.53. The van der Waals surface area contributed by atoms with E-state index < -0.39 is 0 Å². The molecule has 7 heteroatoms. The quantitative estimate of drug-likeness (QED) is 0.479. The largest absolute Gasteiger partial charge is 0.340 e. The topological polar surface area (TPSA) is 42.5 Å². The minimum Gasteiger partial charge on any atom is -0.340 e. The zero-order chi connectivity index (χ0) is 17.7. The molecule has 26 heavy (non-hydrogen) atoms. The number of carbonyl (C=O) groups is 1. The summed E-state index contributed by atoms with van der Waals surface area (Å²) in [5.74, 6) is -0.0186. The van der Waals surface area contributed by atoms with E-state index in [0.29, 0.717) is 18.8 Å². The summed E-state index contributed by atoms with van der Waals surface area (Å²) >= 11 is 5.18. The number of aromatic nitrogens is 3. The maximum absolute atomic E-state index is 12.9. The van der Waals surface area contributed by atoms with Gasteiger partial charge in [-0.15, -0.1) is 11.3 Å². The van der Waals surface area contributed by atoms with Crippen molar-refractivity contribution >= 4 is 38.7 Å². The Morgan fingerprint density at radius 2 is 2.08 bits per heavy atom. The van der Waals surface area contributed by atoms with Crippen molar-refractivity contribution in [3.05, 3.63) is 69.9 Å². The minimum atomic E-state index is -0.0186. The molecule has 4 aromatic rings. The van der Waals surface area contributed by atoms with E-state index >= 15 is 0 Å². The lowest BCUT2D eigenvalue weighted by Crippen LogP contribution is -2.38. The van der Waals surface area contributed by atoms with Crippen molar-refractivity contribution in [1.82, 2.24) is 19.1 Å². The zero-order valence-corrected chi connectivity index (χ0v) is 16.2. The molecule has 1 aliphatic heterocycles. The van der Waals surface area contributed by atoms with Crippen molar-refractivity contribution in [2.75, 3.05) is 6.54 Å². The Labute approximate surface area is 162 Å². The smallest absolute Gasteiger partial charge is 0.274 e. The van der Waals surface area contributed by atoms with Crippen molar-refractivity contribution in [3.8, 4) is 10.6 Å². The fourth-order valence-electron chi connectivity index (χ4n) is 3.45. The molecule has 0 bridgehead atoms. The van der Waals surface area contributed by atoms with Gasteiger partial charge in [0.1, 0.15) is 0 Å². The number of thiophene rings is 1. The summed E-state index contributed by atoms with van der Waals surface area (Å²) in [6.45, 7) is 2.11. The van der Waals surface area contributed by atoms with Gasteiger partial charge in [-0.05, 0) is 57.7 Å². The Kier molecular flexibility index (Phi) is 3.72. The lowest BCUT2D eigenvalue weighted by atomic mass is 10.2. The average molecular weight is 427 g/mol. The molecule has 5 heterocycles. The molecule has 0 unspecified atom stereocenters. The summed E-state index contributed by atoms with van der Waals surface area (Å²) in [6.07, 6.45) is 1.86. The number of fused-ring (bicyclic) bond motifs is 2. The van der Waals surface area contributed by atoms with Crippen molar-refractivity contribution in [1.29, 1.82) is 0 Å². The molecule has 0 aromatic carbocycles. The van der Waals surface area contributed by atoms with Gasteiger partial charge in [-0.25, -0.2) is 4.52 Å². The van der Waals surface area contributed by atoms with Crippen molar-refractivity contribution in [2.45, 2.75) is 13.1 Å². The molecule has 0 atom stereocenters. The third kappa shape index (κ3) is 2.59. The van der Waals surface area contributed by atoms with Crippen LogP contribution >= 0.6 is 27.3 Å². The highest BCUT2D eigenvalue weighted by atomic mass is 79.9. The molecule has 0 saturated heterocycles. The lowest BCUT2D eigenvalue weighted by molar-refractivity contribution is 0.0705. The Hall–Kier alpha value is -2.38. The van der Waals surface area contributed by atoms with Gasteiger partial charge in [0.2, 0.25) is 0 Å². The number of halogens is 1. The third-order valence-corrected chi connectivity index (χ3v) is 6.08. The van der Waals surface area contributed by atoms with E-state index in [0.717, 1.165) is 16.5 Å². The second-order valence-corrected chi connectivity index (χ2v) is 8.18. The summed E-state index contributed by atoms with van der Waals surface area (Å²) in [6, 6.07) is 14.2. The van der Waals surface area contributed by atoms with Gasteiger partial charge in [-0.3, -0.25) is 4.79 Å². The number of hydrogen-bond acceptors (Lipinski definition) is 3. The van der Waals surface area contributed by atoms with Crippen LogP contribution in [0.25, 0.3) is 16.1 Å². The van der Waals surface area contributed by atoms with Gasteiger partial charge in [-0.1, -0.05) is 6.07 Å². The van der Waals surface area contributed by atoms with Gasteiger partial charge in [0.05, 0.1) is 22.6 Å². The number of rotatable bonds is 2. The van der Waals surface area contributed by atoms with Crippen LogP contribution in [0.5, 0.6) is 0 Å². The van der Waals surface area contributed by atoms with E-state index in [1.807, 2.05) is 29.3 Å². The van der Waals surface area contributed by atoms with Gasteiger partial charge < -0.3 is 9.47 Å². The highest BCUT2D eigenvalue weighted by molar-refractivity contribution is 9.10. The molecule has 0 radical (unpaired) electrons. The van der Waals surface area contributed by atoms with E-state index in [-0.39, 0.29) is 5.91 Å². The predicted octanol–water partition coefficient (Wildman–Crippen LogP) is 4.28. The van der Waals surface area contributed by atoms with Gasteiger partial charge in [0, 0.05) is 29.5 Å². The first-order valence-electron chi connectivity index (χ1n) is 8.35. The summed E-state index contributed by atoms with van der Waals surface area (Å²) in [5.41, 5.74) is 3.80. The monoisotopic (exact) mass is 426 g/mol. The average Bonchev–Trinajstić information content (AvgIpc) is 3.38. The number of amides is 1. The number of hydrogen-bond donors (Lipinski definition) is 0. The molecule has 0 aliphatic carbocycles. The van der Waals surface area contributed by atoms with Gasteiger partial charge in [-0.2, -0.15) is 5.10 Å². The van der Waals surface area contributed by atoms with Gasteiger partial charge in [0.25, 0.3) is 5.91 Å². The molecule has 5 nitrogen and oxygen atoms in total. The van der Waals surface area contributed by atoms with E-state index in [9.17, 15) is 4.79 Å². The Morgan fingerprint density at radius 1 is 1.15 bits per heavy atom.